The van der Waals surface area contributed by atoms with Crippen LogP contribution in [-0.4, -0.2) is 168 Å². The van der Waals surface area contributed by atoms with E-state index in [0.29, 0.717) is 99.4 Å². The summed E-state index contributed by atoms with van der Waals surface area (Å²) in [7, 11) is -3.12. The van der Waals surface area contributed by atoms with E-state index in [4.69, 9.17) is 81.1 Å². The van der Waals surface area contributed by atoms with Crippen LogP contribution in [0, 0.1) is 0 Å². The zero-order valence-corrected chi connectivity index (χ0v) is 92.7. The molecule has 32 nitrogen and oxygen atoms in total. The number of aromatic nitrogens is 8. The molecule has 0 radical (unpaired) electrons. The fourth-order valence-electron chi connectivity index (χ4n) is 15.9. The molecule has 1 amide bonds. The Labute approximate surface area is 943 Å². The molecule has 0 aliphatic rings. The number of aromatic carboxylic acids is 1. The van der Waals surface area contributed by atoms with Gasteiger partial charge in [-0.1, -0.05) is 94.9 Å². The SMILES string of the molecule is CCOC(=O)Cc1cn(Cc2csc3ccc(Cl)cc23)c2cc(-c3nc(NC(C)=O)ncc3C(=O)OCC)ccc12.CCOC(=O)Cc1cn(Cc2csc3ccc(Cl)cc23)c2cc(B(O)O)ccc12.CCOC(=O)Cc1cn(Cc2csc3ccc(Cl)cc23)c2cc(B(O)O)ccc12.Nc1ncc(C(=O)O)c(-c2ccc3c(CC(=O)O)cn(Cc4csc5ccc(Cl)cc45)c3c2)n1.O=CO[O-].[H-].[Na+].[Na+].[Na+].[Na+].[OH-].[OH-]. The minimum absolute atomic E-state index is 0. The van der Waals surface area contributed by atoms with Gasteiger partial charge in [0.25, 0.3) is 6.47 Å². The van der Waals surface area contributed by atoms with E-state index in [1.54, 1.807) is 116 Å². The predicted molar refractivity (Wildman–Crippen MR) is 539 cm³/mol. The maximum atomic E-state index is 12.8. The molecule has 0 atom stereocenters. The Kier molecular flexibility index (Phi) is 45.5. The van der Waals surface area contributed by atoms with Gasteiger partial charge in [-0.2, -0.15) is 0 Å². The molecule has 11 N–H and O–H groups in total. The van der Waals surface area contributed by atoms with Crippen LogP contribution in [0.4, 0.5) is 11.9 Å². The molecule has 0 aliphatic carbocycles. The Bertz CT molecular complexity index is 7490. The van der Waals surface area contributed by atoms with Crippen LogP contribution in [-0.2, 0) is 104 Å². The molecule has 10 aromatic heterocycles. The minimum Gasteiger partial charge on any atom is -1.00 e. The van der Waals surface area contributed by atoms with E-state index in [1.165, 1.54) is 19.3 Å². The number of halogens is 4. The zero-order chi connectivity index (χ0) is 97.6. The number of benzene rings is 8. The molecule has 0 unspecified atom stereocenters. The van der Waals surface area contributed by atoms with Crippen molar-refractivity contribution in [2.75, 3.05) is 37.5 Å². The average Bonchev–Trinajstić information content (AvgIpc) is 1.59. The second-order valence-electron chi connectivity index (χ2n) is 30.9. The van der Waals surface area contributed by atoms with Crippen LogP contribution in [0.1, 0.15) is 101 Å². The van der Waals surface area contributed by atoms with Gasteiger partial charge >= 0.3 is 168 Å². The molecule has 0 saturated heterocycles. The summed E-state index contributed by atoms with van der Waals surface area (Å²) in [6.07, 6.45) is 10.5. The molecule has 0 fully saturated rings. The van der Waals surface area contributed by atoms with Crippen LogP contribution in [0.2, 0.25) is 20.1 Å². The molecule has 18 aromatic rings. The van der Waals surface area contributed by atoms with Gasteiger partial charge in [0, 0.05) is 164 Å². The predicted octanol–water partition coefficient (Wildman–Crippen LogP) is 4.07. The summed E-state index contributed by atoms with van der Waals surface area (Å²) in [4.78, 5) is 112. The minimum atomic E-state index is -1.56. The molecule has 0 bridgehead atoms. The number of amides is 1. The van der Waals surface area contributed by atoms with Gasteiger partial charge in [-0.15, -0.1) is 45.3 Å². The van der Waals surface area contributed by atoms with Crippen molar-refractivity contribution in [2.45, 2.75) is 86.5 Å². The third-order valence-corrected chi connectivity index (χ3v) is 26.8. The van der Waals surface area contributed by atoms with E-state index in [0.717, 1.165) is 123 Å². The number of rotatable bonds is 28. The first-order valence-electron chi connectivity index (χ1n) is 42.3. The zero-order valence-electron chi connectivity index (χ0n) is 79.4. The van der Waals surface area contributed by atoms with Crippen LogP contribution in [0.5, 0.6) is 0 Å². The summed E-state index contributed by atoms with van der Waals surface area (Å²) in [5.74, 6) is -3.87. The standard InChI is InChI=1S/C30H27ClN4O5S.C24H17ClN4O4S.2C21H19BClNO4S.CH2O3.4Na.2H2O.H/c1-4-39-27(37)11-19-14-35(15-20-16-41-26-9-7-21(31)12-23(20)26)25-10-18(6-8-22(19)25)28-24(29(38)40-5-2)13-32-30(34-28)33-17(3)36;25-15-2-4-20-17(7-15)14(11-34-20)10-29-9-13(6-21(30)31)16-3-1-12(5-19(16)29)22-18(23(32)33)8-27-24(26)28-22;2*1-2-28-21(25)7-13-10-24(19-8-15(22(26)27)3-5-17(13)19)11-14-12-29-20-6-4-16(23)9-18(14)20;2-1-4-3;;;;;;;/h6-10,12-14,16H,4-5,11,15H2,1-3H3,(H,32,33,34,36);1-5,7-9,11H,6,10H2,(H,30,31)(H,32,33)(H2,26,27,28);2*3-6,8-10,12,26-27H,2,7,11H2,1H3;1,3H;;;;;2*1H2;/q;;;;;4*+1;;;-1/p-3. The van der Waals surface area contributed by atoms with Crippen molar-refractivity contribution in [3.8, 4) is 22.5 Å². The van der Waals surface area contributed by atoms with Crippen molar-refractivity contribution in [3.05, 3.63) is 280 Å². The average molecular weight is 2130 g/mol. The number of carboxylic acid groups (broad SMARTS) is 2. The van der Waals surface area contributed by atoms with Crippen LogP contribution >= 0.6 is 91.8 Å². The number of esters is 4. The van der Waals surface area contributed by atoms with E-state index in [2.05, 4.69) is 56.2 Å². The molecular weight excluding hydrogens is 2040 g/mol. The number of hydrogen-bond donors (Lipinski definition) is 8. The number of anilines is 2. The molecule has 718 valence electrons. The normalized spacial score (nSPS) is 10.6. The third-order valence-electron chi connectivity index (χ3n) is 21.8. The molecular formula is C97H86B2Cl4N10Na4O22S4. The van der Waals surface area contributed by atoms with Crippen molar-refractivity contribution in [2.24, 2.45) is 0 Å². The van der Waals surface area contributed by atoms with Gasteiger partial charge in [-0.05, 0) is 223 Å². The number of fused-ring (bicyclic) bond motifs is 8. The molecule has 18 rings (SSSR count). The summed E-state index contributed by atoms with van der Waals surface area (Å²) in [6, 6.07) is 44.6. The van der Waals surface area contributed by atoms with Crippen molar-refractivity contribution < 1.29 is 228 Å². The van der Waals surface area contributed by atoms with Crippen LogP contribution in [0.25, 0.3) is 106 Å². The van der Waals surface area contributed by atoms with Crippen molar-refractivity contribution in [1.82, 2.24) is 38.2 Å². The van der Waals surface area contributed by atoms with Crippen molar-refractivity contribution in [1.29, 1.82) is 0 Å². The number of carboxylic acids is 2. The molecule has 0 saturated carbocycles. The number of carbonyl (C=O) groups excluding carboxylic acids is 6. The summed E-state index contributed by atoms with van der Waals surface area (Å²) in [5.41, 5.74) is 19.1. The van der Waals surface area contributed by atoms with Crippen molar-refractivity contribution >= 4 is 261 Å². The second kappa shape index (κ2) is 54.8. The number of nitrogens with zero attached hydrogens (tertiary/aromatic N) is 8. The first kappa shape index (κ1) is 119. The maximum absolute atomic E-state index is 12.8. The number of carbonyl (C=O) groups is 8. The monoisotopic (exact) mass is 2120 g/mol. The molecule has 8 aromatic carbocycles. The molecule has 0 spiro atoms. The van der Waals surface area contributed by atoms with Crippen LogP contribution < -0.4 is 145 Å². The number of ether oxygens (including phenoxy) is 4. The van der Waals surface area contributed by atoms with Gasteiger partial charge in [-0.25, -0.2) is 29.5 Å². The third kappa shape index (κ3) is 29.3. The summed E-state index contributed by atoms with van der Waals surface area (Å²) in [6.45, 7) is 11.5. The van der Waals surface area contributed by atoms with E-state index >= 15 is 0 Å². The number of hydrogen-bond acceptors (Lipinski definition) is 29. The van der Waals surface area contributed by atoms with E-state index in [1.807, 2.05) is 142 Å². The van der Waals surface area contributed by atoms with Gasteiger partial charge < -0.3 is 95.8 Å². The summed E-state index contributed by atoms with van der Waals surface area (Å²) in [5, 5.41) is 87.0. The first-order chi connectivity index (χ1) is 65.9. The Morgan fingerprint density at radius 3 is 1.06 bits per heavy atom. The Morgan fingerprint density at radius 2 is 0.748 bits per heavy atom. The quantitative estimate of drug-likeness (QED) is 0.00855. The van der Waals surface area contributed by atoms with E-state index in [-0.39, 0.29) is 222 Å². The largest absolute Gasteiger partial charge is 1.00 e. The van der Waals surface area contributed by atoms with Crippen LogP contribution in [0.15, 0.2) is 204 Å². The number of thiophene rings is 4. The van der Waals surface area contributed by atoms with Gasteiger partial charge in [0.15, 0.2) is 0 Å². The van der Waals surface area contributed by atoms with Gasteiger partial charge in [0.1, 0.15) is 11.1 Å². The first-order valence-corrected chi connectivity index (χ1v) is 47.3. The maximum Gasteiger partial charge on any atom is 1.00 e. The van der Waals surface area contributed by atoms with E-state index < -0.39 is 32.1 Å². The molecule has 0 aliphatic heterocycles. The molecule has 10 heterocycles. The van der Waals surface area contributed by atoms with E-state index in [9.17, 15) is 63.9 Å². The number of nitrogens with two attached hydrogens (primary N) is 1. The molecule has 143 heavy (non-hydrogen) atoms. The number of nitrogen functional groups attached to an aromatic ring is 1. The topological polar surface area (TPSA) is 496 Å². The second-order valence-corrected chi connectivity index (χ2v) is 36.3. The van der Waals surface area contributed by atoms with Gasteiger partial charge in [0.2, 0.25) is 17.8 Å². The van der Waals surface area contributed by atoms with Gasteiger partial charge in [-0.3, -0.25) is 34.1 Å². The Hall–Kier alpha value is -9.51. The smallest absolute Gasteiger partial charge is 1.00 e. The summed E-state index contributed by atoms with van der Waals surface area (Å²) < 4.78 is 33.3. The fraction of sp³-hybridized carbons (Fsp3) is 0.175. The molecule has 46 heteroatoms. The number of aliphatic carboxylic acids is 1. The Balaban J connectivity index is 0.000000255. The Morgan fingerprint density at radius 1 is 0.434 bits per heavy atom. The number of nitrogens with one attached hydrogen (secondary N) is 1. The fourth-order valence-corrected chi connectivity index (χ4v) is 20.3. The van der Waals surface area contributed by atoms with Crippen LogP contribution in [0.3, 0.4) is 0 Å². The van der Waals surface area contributed by atoms with Crippen molar-refractivity contribution in [3.63, 3.8) is 0 Å². The van der Waals surface area contributed by atoms with Gasteiger partial charge in [0.05, 0.1) is 63.5 Å². The summed E-state index contributed by atoms with van der Waals surface area (Å²) >= 11 is 31.4.